The van der Waals surface area contributed by atoms with Crippen molar-refractivity contribution in [2.75, 3.05) is 0 Å². The molecular weight excluding hydrogens is 292 g/mol. The van der Waals surface area contributed by atoms with Crippen molar-refractivity contribution < 1.29 is 9.66 Å². The smallest absolute Gasteiger partial charge is 0.272 e. The Kier molecular flexibility index (Phi) is 4.45. The molecule has 0 aliphatic rings. The quantitative estimate of drug-likeness (QED) is 0.681. The topological polar surface area (TPSA) is 78.4 Å². The molecule has 110 valence electrons. The van der Waals surface area contributed by atoms with Crippen molar-refractivity contribution >= 4 is 17.3 Å². The lowest BCUT2D eigenvalue weighted by molar-refractivity contribution is -0.385. The van der Waals surface area contributed by atoms with E-state index < -0.39 is 4.92 Å². The van der Waals surface area contributed by atoms with E-state index in [1.807, 2.05) is 6.07 Å². The summed E-state index contributed by atoms with van der Waals surface area (Å²) >= 11 is 6.14. The van der Waals surface area contributed by atoms with Crippen LogP contribution in [0, 0.1) is 24.0 Å². The zero-order chi connectivity index (χ0) is 15.6. The van der Waals surface area contributed by atoms with Crippen molar-refractivity contribution in [3.05, 3.63) is 62.2 Å². The van der Waals surface area contributed by atoms with Crippen LogP contribution in [0.5, 0.6) is 11.5 Å². The van der Waals surface area contributed by atoms with Crippen molar-refractivity contribution in [2.24, 2.45) is 5.73 Å². The lowest BCUT2D eigenvalue weighted by atomic mass is 10.1. The van der Waals surface area contributed by atoms with E-state index in [0.29, 0.717) is 34.2 Å². The summed E-state index contributed by atoms with van der Waals surface area (Å²) in [6.45, 7) is 3.82. The highest BCUT2D eigenvalue weighted by molar-refractivity contribution is 6.32. The van der Waals surface area contributed by atoms with Crippen molar-refractivity contribution in [3.63, 3.8) is 0 Å². The third-order valence-electron chi connectivity index (χ3n) is 3.14. The molecule has 2 aromatic rings. The summed E-state index contributed by atoms with van der Waals surface area (Å²) in [7, 11) is 0. The number of hydrogen-bond acceptors (Lipinski definition) is 4. The molecule has 0 heterocycles. The van der Waals surface area contributed by atoms with E-state index in [1.54, 1.807) is 32.0 Å². The highest BCUT2D eigenvalue weighted by atomic mass is 35.5. The zero-order valence-corrected chi connectivity index (χ0v) is 12.5. The van der Waals surface area contributed by atoms with Crippen LogP contribution in [0.1, 0.15) is 16.7 Å². The van der Waals surface area contributed by atoms with Crippen LogP contribution < -0.4 is 10.5 Å². The Balaban J connectivity index is 2.36. The minimum absolute atomic E-state index is 0.0735. The molecule has 0 unspecified atom stereocenters. The van der Waals surface area contributed by atoms with E-state index in [0.717, 1.165) is 5.56 Å². The summed E-state index contributed by atoms with van der Waals surface area (Å²) in [6, 6.07) is 8.44. The fourth-order valence-electron chi connectivity index (χ4n) is 1.95. The summed E-state index contributed by atoms with van der Waals surface area (Å²) in [4.78, 5) is 10.5. The largest absolute Gasteiger partial charge is 0.456 e. The first-order valence-electron chi connectivity index (χ1n) is 6.34. The molecule has 2 rings (SSSR count). The Morgan fingerprint density at radius 2 is 1.90 bits per heavy atom. The number of rotatable bonds is 4. The number of nitrogens with zero attached hydrogens (tertiary/aromatic N) is 1. The van der Waals surface area contributed by atoms with Crippen molar-refractivity contribution in [2.45, 2.75) is 20.4 Å². The summed E-state index contributed by atoms with van der Waals surface area (Å²) in [6.07, 6.45) is 0. The molecule has 0 aliphatic carbocycles. The van der Waals surface area contributed by atoms with Gasteiger partial charge >= 0.3 is 0 Å². The normalized spacial score (nSPS) is 10.5. The van der Waals surface area contributed by atoms with Gasteiger partial charge in [-0.3, -0.25) is 10.1 Å². The molecule has 0 bridgehead atoms. The summed E-state index contributed by atoms with van der Waals surface area (Å²) in [5.41, 5.74) is 7.74. The summed E-state index contributed by atoms with van der Waals surface area (Å²) in [5.74, 6) is 1.03. The predicted molar refractivity (Wildman–Crippen MR) is 82.0 cm³/mol. The van der Waals surface area contributed by atoms with Crippen LogP contribution in [-0.4, -0.2) is 4.92 Å². The number of ether oxygens (including phenoxy) is 1. The van der Waals surface area contributed by atoms with Crippen LogP contribution in [0.3, 0.4) is 0 Å². The van der Waals surface area contributed by atoms with E-state index in [9.17, 15) is 10.1 Å². The van der Waals surface area contributed by atoms with Gasteiger partial charge in [0.1, 0.15) is 11.5 Å². The molecule has 5 nitrogen and oxygen atoms in total. The predicted octanol–water partition coefficient (Wildman–Crippen LogP) is 4.12. The first-order valence-corrected chi connectivity index (χ1v) is 6.72. The molecule has 0 radical (unpaired) electrons. The molecular formula is C15H15ClN2O3. The fraction of sp³-hybridized carbons (Fsp3) is 0.200. The van der Waals surface area contributed by atoms with Crippen molar-refractivity contribution in [1.29, 1.82) is 0 Å². The molecule has 21 heavy (non-hydrogen) atoms. The van der Waals surface area contributed by atoms with Crippen LogP contribution in [0.4, 0.5) is 5.69 Å². The number of hydrogen-bond donors (Lipinski definition) is 1. The Morgan fingerprint density at radius 1 is 1.19 bits per heavy atom. The minimum atomic E-state index is -0.408. The van der Waals surface area contributed by atoms with Crippen LogP contribution in [0.15, 0.2) is 30.3 Å². The lowest BCUT2D eigenvalue weighted by Crippen LogP contribution is -1.97. The number of benzene rings is 2. The average Bonchev–Trinajstić information content (AvgIpc) is 2.44. The van der Waals surface area contributed by atoms with E-state index in [-0.39, 0.29) is 5.69 Å². The lowest BCUT2D eigenvalue weighted by Gasteiger charge is -2.12. The fourth-order valence-corrected chi connectivity index (χ4v) is 2.20. The second-order valence-electron chi connectivity index (χ2n) is 4.73. The van der Waals surface area contributed by atoms with Gasteiger partial charge < -0.3 is 10.5 Å². The number of nitro benzene ring substituents is 1. The van der Waals surface area contributed by atoms with Gasteiger partial charge in [-0.15, -0.1) is 0 Å². The number of nitrogens with two attached hydrogens (primary N) is 1. The van der Waals surface area contributed by atoms with Crippen molar-refractivity contribution in [3.8, 4) is 11.5 Å². The van der Waals surface area contributed by atoms with E-state index in [4.69, 9.17) is 22.1 Å². The Bertz CT molecular complexity index is 702. The van der Waals surface area contributed by atoms with E-state index in [1.165, 1.54) is 6.07 Å². The Morgan fingerprint density at radius 3 is 2.48 bits per heavy atom. The maximum atomic E-state index is 10.9. The SMILES string of the molecule is Cc1cc([N+](=O)[O-])c(C)cc1Oc1ccc(CN)cc1Cl. The number of nitro groups is 1. The molecule has 0 saturated heterocycles. The van der Waals surface area contributed by atoms with Gasteiger partial charge in [-0.1, -0.05) is 17.7 Å². The molecule has 0 aromatic heterocycles. The van der Waals surface area contributed by atoms with Gasteiger partial charge in [0.2, 0.25) is 0 Å². The molecule has 0 atom stereocenters. The van der Waals surface area contributed by atoms with Gasteiger partial charge in [-0.2, -0.15) is 0 Å². The Labute approximate surface area is 127 Å². The summed E-state index contributed by atoms with van der Waals surface area (Å²) in [5, 5.41) is 11.4. The van der Waals surface area contributed by atoms with Crippen LogP contribution in [0.2, 0.25) is 5.02 Å². The van der Waals surface area contributed by atoms with Crippen LogP contribution in [0.25, 0.3) is 0 Å². The van der Waals surface area contributed by atoms with Gasteiger partial charge in [0, 0.05) is 18.2 Å². The number of aryl methyl sites for hydroxylation is 2. The van der Waals surface area contributed by atoms with Gasteiger partial charge in [0.05, 0.1) is 9.95 Å². The maximum absolute atomic E-state index is 10.9. The average molecular weight is 307 g/mol. The molecule has 0 fully saturated rings. The molecule has 6 heteroatoms. The van der Waals surface area contributed by atoms with E-state index in [2.05, 4.69) is 0 Å². The van der Waals surface area contributed by atoms with Gasteiger partial charge in [0.25, 0.3) is 5.69 Å². The monoisotopic (exact) mass is 306 g/mol. The maximum Gasteiger partial charge on any atom is 0.272 e. The third kappa shape index (κ3) is 3.32. The summed E-state index contributed by atoms with van der Waals surface area (Å²) < 4.78 is 5.76. The molecule has 0 saturated carbocycles. The van der Waals surface area contributed by atoms with Crippen LogP contribution in [-0.2, 0) is 6.54 Å². The molecule has 2 aromatic carbocycles. The third-order valence-corrected chi connectivity index (χ3v) is 3.44. The molecule has 2 N–H and O–H groups in total. The highest BCUT2D eigenvalue weighted by Gasteiger charge is 2.15. The first kappa shape index (κ1) is 15.3. The highest BCUT2D eigenvalue weighted by Crippen LogP contribution is 2.34. The van der Waals surface area contributed by atoms with Gasteiger partial charge in [-0.25, -0.2) is 0 Å². The second kappa shape index (κ2) is 6.11. The van der Waals surface area contributed by atoms with Gasteiger partial charge in [-0.05, 0) is 43.2 Å². The first-order chi connectivity index (χ1) is 9.92. The van der Waals surface area contributed by atoms with Crippen molar-refractivity contribution in [1.82, 2.24) is 0 Å². The van der Waals surface area contributed by atoms with Gasteiger partial charge in [0.15, 0.2) is 0 Å². The van der Waals surface area contributed by atoms with E-state index >= 15 is 0 Å². The number of halogens is 1. The molecule has 0 aliphatic heterocycles. The molecule has 0 spiro atoms. The Hall–Kier alpha value is -2.11. The van der Waals surface area contributed by atoms with Crippen LogP contribution >= 0.6 is 11.6 Å². The minimum Gasteiger partial charge on any atom is -0.456 e. The molecule has 0 amide bonds. The standard InChI is InChI=1S/C15H15ClN2O3/c1-9-6-15(10(2)5-13(9)18(19)20)21-14-4-3-11(8-17)7-12(14)16/h3-7H,8,17H2,1-2H3. The second-order valence-corrected chi connectivity index (χ2v) is 5.14. The zero-order valence-electron chi connectivity index (χ0n) is 11.7.